The zero-order valence-electron chi connectivity index (χ0n) is 19.1. The highest BCUT2D eigenvalue weighted by molar-refractivity contribution is 9.11. The van der Waals surface area contributed by atoms with Crippen LogP contribution in [0.1, 0.15) is 20.1 Å². The number of cyclic esters (lactones) is 1. The van der Waals surface area contributed by atoms with Crippen molar-refractivity contribution in [2.45, 2.75) is 0 Å². The Kier molecular flexibility index (Phi) is 7.47. The van der Waals surface area contributed by atoms with Crippen molar-refractivity contribution in [2.24, 2.45) is 4.99 Å². The third-order valence-corrected chi connectivity index (χ3v) is 10.4. The molecule has 0 amide bonds. The molecule has 2 aromatic heterocycles. The zero-order chi connectivity index (χ0) is 27.4. The van der Waals surface area contributed by atoms with Gasteiger partial charge in [0.1, 0.15) is 15.5 Å². The van der Waals surface area contributed by atoms with E-state index >= 15 is 0 Å². The van der Waals surface area contributed by atoms with E-state index in [2.05, 4.69) is 52.8 Å². The minimum atomic E-state index is -0.643. The van der Waals surface area contributed by atoms with Gasteiger partial charge in [-0.05, 0) is 48.5 Å². The SMILES string of the molecule is O=C1OC(c2sc3cc(Br)ccc3c2Cl)=N/C1=C/c1cc(Br)ccc1OC(=O)c1sc2cc(Br)ccc2c1Cl. The molecule has 0 saturated carbocycles. The van der Waals surface area contributed by atoms with Crippen molar-refractivity contribution in [2.75, 3.05) is 0 Å². The lowest BCUT2D eigenvalue weighted by atomic mass is 10.1. The topological polar surface area (TPSA) is 65.0 Å². The maximum Gasteiger partial charge on any atom is 0.363 e. The van der Waals surface area contributed by atoms with Crippen molar-refractivity contribution >= 4 is 138 Å². The Labute approximate surface area is 264 Å². The number of fused-ring (bicyclic) bond motifs is 2. The lowest BCUT2D eigenvalue weighted by molar-refractivity contribution is -0.129. The quantitative estimate of drug-likeness (QED) is 0.103. The van der Waals surface area contributed by atoms with Crippen molar-refractivity contribution in [3.63, 3.8) is 0 Å². The van der Waals surface area contributed by atoms with Gasteiger partial charge in [-0.1, -0.05) is 83.1 Å². The lowest BCUT2D eigenvalue weighted by Crippen LogP contribution is -2.08. The van der Waals surface area contributed by atoms with Gasteiger partial charge in [-0.15, -0.1) is 22.7 Å². The van der Waals surface area contributed by atoms with E-state index in [4.69, 9.17) is 32.7 Å². The van der Waals surface area contributed by atoms with E-state index in [1.54, 1.807) is 18.2 Å². The second kappa shape index (κ2) is 10.7. The highest BCUT2D eigenvalue weighted by Gasteiger charge is 2.29. The highest BCUT2D eigenvalue weighted by atomic mass is 79.9. The fraction of sp³-hybridized carbons (Fsp3) is 0. The number of rotatable bonds is 4. The number of esters is 2. The first-order chi connectivity index (χ1) is 18.7. The Hall–Kier alpha value is -2.05. The Morgan fingerprint density at radius 1 is 0.872 bits per heavy atom. The van der Waals surface area contributed by atoms with Gasteiger partial charge in [0.2, 0.25) is 5.90 Å². The van der Waals surface area contributed by atoms with E-state index in [1.165, 1.54) is 28.7 Å². The molecule has 1 aliphatic heterocycles. The summed E-state index contributed by atoms with van der Waals surface area (Å²) in [4.78, 5) is 31.1. The summed E-state index contributed by atoms with van der Waals surface area (Å²) in [5.41, 5.74) is 0.487. The number of ether oxygens (including phenoxy) is 2. The fourth-order valence-corrected chi connectivity index (χ4v) is 8.18. The molecule has 0 spiro atoms. The molecule has 3 aromatic carbocycles. The predicted molar refractivity (Wildman–Crippen MR) is 169 cm³/mol. The van der Waals surface area contributed by atoms with Crippen LogP contribution in [0.5, 0.6) is 5.75 Å². The first-order valence-electron chi connectivity index (χ1n) is 11.0. The van der Waals surface area contributed by atoms with Crippen molar-refractivity contribution in [1.29, 1.82) is 0 Å². The van der Waals surface area contributed by atoms with Crippen molar-refractivity contribution in [3.05, 3.63) is 99.1 Å². The van der Waals surface area contributed by atoms with Gasteiger partial charge < -0.3 is 9.47 Å². The van der Waals surface area contributed by atoms with E-state index in [0.29, 0.717) is 25.0 Å². The van der Waals surface area contributed by atoms with E-state index in [9.17, 15) is 9.59 Å². The molecule has 0 fully saturated rings. The van der Waals surface area contributed by atoms with Crippen LogP contribution in [0.2, 0.25) is 10.0 Å². The molecule has 0 bridgehead atoms. The largest absolute Gasteiger partial charge is 0.422 e. The number of halogens is 5. The van der Waals surface area contributed by atoms with Crippen LogP contribution in [0.3, 0.4) is 0 Å². The molecule has 194 valence electrons. The summed E-state index contributed by atoms with van der Waals surface area (Å²) in [6.45, 7) is 0. The van der Waals surface area contributed by atoms with Gasteiger partial charge in [-0.25, -0.2) is 14.6 Å². The first-order valence-corrected chi connectivity index (χ1v) is 15.7. The molecular formula is C27H10Br3Cl2NO4S2. The summed E-state index contributed by atoms with van der Waals surface area (Å²) in [7, 11) is 0. The number of benzene rings is 3. The van der Waals surface area contributed by atoms with Crippen molar-refractivity contribution in [3.8, 4) is 5.75 Å². The number of hydrogen-bond acceptors (Lipinski definition) is 7. The number of carbonyl (C=O) groups excluding carboxylic acids is 2. The number of aliphatic imine (C=N–C) groups is 1. The molecule has 5 nitrogen and oxygen atoms in total. The molecule has 0 radical (unpaired) electrons. The molecule has 0 atom stereocenters. The zero-order valence-corrected chi connectivity index (χ0v) is 27.0. The summed E-state index contributed by atoms with van der Waals surface area (Å²) < 4.78 is 15.5. The molecule has 3 heterocycles. The van der Waals surface area contributed by atoms with Crippen LogP contribution < -0.4 is 4.74 Å². The van der Waals surface area contributed by atoms with Gasteiger partial charge in [0.15, 0.2) is 5.70 Å². The highest BCUT2D eigenvalue weighted by Crippen LogP contribution is 2.40. The van der Waals surface area contributed by atoms with Crippen LogP contribution >= 0.6 is 93.7 Å². The normalized spacial score (nSPS) is 14.3. The van der Waals surface area contributed by atoms with Crippen LogP contribution in [0.15, 0.2) is 78.7 Å². The molecule has 39 heavy (non-hydrogen) atoms. The molecule has 0 saturated heterocycles. The smallest absolute Gasteiger partial charge is 0.363 e. The van der Waals surface area contributed by atoms with Crippen LogP contribution in [-0.4, -0.2) is 17.8 Å². The van der Waals surface area contributed by atoms with E-state index in [-0.39, 0.29) is 22.2 Å². The number of hydrogen-bond donors (Lipinski definition) is 0. The van der Waals surface area contributed by atoms with Crippen LogP contribution in [0.25, 0.3) is 26.2 Å². The standard InChI is InChI=1S/C27H10Br3Cl2NO4S2/c28-12-3-6-18(36-27(35)24-22(32)16-5-2-14(30)10-20(16)39-24)11(7-12)8-17-26(34)37-25(33-17)23-21(31)15-4-1-13(29)9-19(15)38-23/h1-10H/b17-8+. The summed E-state index contributed by atoms with van der Waals surface area (Å²) >= 11 is 26.0. The Balaban J connectivity index is 1.35. The average molecular weight is 787 g/mol. The molecule has 0 unspecified atom stereocenters. The van der Waals surface area contributed by atoms with E-state index < -0.39 is 11.9 Å². The van der Waals surface area contributed by atoms with Gasteiger partial charge in [-0.2, -0.15) is 0 Å². The average Bonchev–Trinajstić information content (AvgIpc) is 3.53. The lowest BCUT2D eigenvalue weighted by Gasteiger charge is -2.08. The first kappa shape index (κ1) is 27.1. The minimum absolute atomic E-state index is 0.0415. The number of nitrogens with zero attached hydrogens (tertiary/aromatic N) is 1. The number of thiophene rings is 2. The molecular weight excluding hydrogens is 777 g/mol. The van der Waals surface area contributed by atoms with Gasteiger partial charge in [0.05, 0.1) is 10.0 Å². The maximum absolute atomic E-state index is 13.1. The third-order valence-electron chi connectivity index (χ3n) is 5.65. The fourth-order valence-electron chi connectivity index (χ4n) is 3.87. The van der Waals surface area contributed by atoms with Crippen LogP contribution in [-0.2, 0) is 9.53 Å². The second-order valence-electron chi connectivity index (χ2n) is 8.18. The summed E-state index contributed by atoms with van der Waals surface area (Å²) in [5, 5.41) is 2.38. The maximum atomic E-state index is 13.1. The summed E-state index contributed by atoms with van der Waals surface area (Å²) in [6.07, 6.45) is 1.50. The van der Waals surface area contributed by atoms with Gasteiger partial charge in [0.25, 0.3) is 0 Å². The molecule has 12 heteroatoms. The monoisotopic (exact) mass is 783 g/mol. The Bertz CT molecular complexity index is 1930. The minimum Gasteiger partial charge on any atom is -0.422 e. The van der Waals surface area contributed by atoms with Crippen LogP contribution in [0.4, 0.5) is 0 Å². The van der Waals surface area contributed by atoms with Gasteiger partial charge in [0, 0.05) is 39.2 Å². The van der Waals surface area contributed by atoms with E-state index in [0.717, 1.165) is 29.1 Å². The third kappa shape index (κ3) is 5.24. The molecule has 6 rings (SSSR count). The van der Waals surface area contributed by atoms with Gasteiger partial charge >= 0.3 is 11.9 Å². The summed E-state index contributed by atoms with van der Waals surface area (Å²) in [5.74, 6) is -0.910. The molecule has 5 aromatic rings. The Morgan fingerprint density at radius 2 is 1.49 bits per heavy atom. The summed E-state index contributed by atoms with van der Waals surface area (Å²) in [6, 6.07) is 16.4. The Morgan fingerprint density at radius 3 is 2.21 bits per heavy atom. The second-order valence-corrected chi connectivity index (χ2v) is 13.8. The van der Waals surface area contributed by atoms with Gasteiger partial charge in [-0.3, -0.25) is 0 Å². The van der Waals surface area contributed by atoms with E-state index in [1.807, 2.05) is 36.4 Å². The molecule has 0 N–H and O–H groups in total. The van der Waals surface area contributed by atoms with Crippen molar-refractivity contribution in [1.82, 2.24) is 0 Å². The molecule has 0 aliphatic carbocycles. The van der Waals surface area contributed by atoms with Crippen LogP contribution in [0, 0.1) is 0 Å². The number of carbonyl (C=O) groups is 2. The van der Waals surface area contributed by atoms with Crippen molar-refractivity contribution < 1.29 is 19.1 Å². The molecule has 1 aliphatic rings. The predicted octanol–water partition coefficient (Wildman–Crippen LogP) is 10.3.